The number of fused-ring (bicyclic) bond motifs is 2. The van der Waals surface area contributed by atoms with Crippen molar-refractivity contribution in [3.05, 3.63) is 94.5 Å². The highest BCUT2D eigenvalue weighted by atomic mass is 16.6. The predicted molar refractivity (Wildman–Crippen MR) is 108 cm³/mol. The summed E-state index contributed by atoms with van der Waals surface area (Å²) in [7, 11) is 0. The Morgan fingerprint density at radius 2 is 1.66 bits per heavy atom. The number of aryl methyl sites for hydroxylation is 1. The standard InChI is InChI=1S/C24H21NO4/c1-16-7-9-18(10-8-16)24(29-15-17-5-3-2-4-6-17)20-14-22-21(27-11-12-28-22)13-19(20)23(26)25-24/h2-10,13-14H,11-12,15H2,1H3,(H,25,26)/t24-/m1/s1. The van der Waals surface area contributed by atoms with Gasteiger partial charge in [0.2, 0.25) is 0 Å². The largest absolute Gasteiger partial charge is 0.486 e. The second-order valence-electron chi connectivity index (χ2n) is 7.32. The summed E-state index contributed by atoms with van der Waals surface area (Å²) in [4.78, 5) is 12.9. The van der Waals surface area contributed by atoms with Crippen LogP contribution in [-0.2, 0) is 17.1 Å². The fraction of sp³-hybridized carbons (Fsp3) is 0.208. The third kappa shape index (κ3) is 3.04. The highest BCUT2D eigenvalue weighted by Gasteiger charge is 2.47. The molecule has 3 aromatic carbocycles. The highest BCUT2D eigenvalue weighted by Crippen LogP contribution is 2.44. The van der Waals surface area contributed by atoms with Crippen molar-refractivity contribution < 1.29 is 19.0 Å². The number of hydrogen-bond donors (Lipinski definition) is 1. The van der Waals surface area contributed by atoms with Crippen LogP contribution in [0.5, 0.6) is 11.5 Å². The topological polar surface area (TPSA) is 56.8 Å². The Kier molecular flexibility index (Phi) is 4.25. The van der Waals surface area contributed by atoms with Crippen molar-refractivity contribution in [3.8, 4) is 11.5 Å². The van der Waals surface area contributed by atoms with E-state index < -0.39 is 5.72 Å². The molecule has 0 aliphatic carbocycles. The summed E-state index contributed by atoms with van der Waals surface area (Å²) in [6.45, 7) is 3.34. The molecule has 0 saturated heterocycles. The summed E-state index contributed by atoms with van der Waals surface area (Å²) in [6.07, 6.45) is 0. The maximum Gasteiger partial charge on any atom is 0.254 e. The van der Waals surface area contributed by atoms with Gasteiger partial charge in [-0.1, -0.05) is 60.2 Å². The summed E-state index contributed by atoms with van der Waals surface area (Å²) in [6, 6.07) is 21.6. The normalized spacial score (nSPS) is 19.6. The SMILES string of the molecule is Cc1ccc([C@]2(OCc3ccccc3)NC(=O)c3cc4c(cc32)OCCO4)cc1. The maximum atomic E-state index is 12.9. The molecular weight excluding hydrogens is 366 g/mol. The lowest BCUT2D eigenvalue weighted by Gasteiger charge is -2.32. The number of carbonyl (C=O) groups excluding carboxylic acids is 1. The second-order valence-corrected chi connectivity index (χ2v) is 7.32. The van der Waals surface area contributed by atoms with E-state index in [0.29, 0.717) is 36.9 Å². The second kappa shape index (κ2) is 6.94. The van der Waals surface area contributed by atoms with E-state index in [4.69, 9.17) is 14.2 Å². The minimum absolute atomic E-state index is 0.189. The highest BCUT2D eigenvalue weighted by molar-refractivity contribution is 6.01. The van der Waals surface area contributed by atoms with Gasteiger partial charge >= 0.3 is 0 Å². The van der Waals surface area contributed by atoms with Gasteiger partial charge in [0.05, 0.1) is 12.2 Å². The molecule has 5 rings (SSSR count). The van der Waals surface area contributed by atoms with Crippen LogP contribution in [0.15, 0.2) is 66.7 Å². The molecule has 0 spiro atoms. The van der Waals surface area contributed by atoms with Crippen molar-refractivity contribution >= 4 is 5.91 Å². The van der Waals surface area contributed by atoms with Gasteiger partial charge in [0.25, 0.3) is 5.91 Å². The average molecular weight is 387 g/mol. The van der Waals surface area contributed by atoms with E-state index in [1.54, 1.807) is 6.07 Å². The predicted octanol–water partition coefficient (Wildman–Crippen LogP) is 3.93. The molecule has 1 amide bonds. The van der Waals surface area contributed by atoms with E-state index in [1.807, 2.05) is 67.6 Å². The van der Waals surface area contributed by atoms with Crippen molar-refractivity contribution in [1.29, 1.82) is 0 Å². The average Bonchev–Trinajstić information content (AvgIpc) is 3.04. The molecule has 29 heavy (non-hydrogen) atoms. The first-order chi connectivity index (χ1) is 14.2. The molecule has 5 heteroatoms. The molecule has 2 aliphatic rings. The van der Waals surface area contributed by atoms with Gasteiger partial charge < -0.3 is 19.5 Å². The van der Waals surface area contributed by atoms with E-state index in [9.17, 15) is 4.79 Å². The van der Waals surface area contributed by atoms with Crippen LogP contribution < -0.4 is 14.8 Å². The van der Waals surface area contributed by atoms with Crippen LogP contribution in [0, 0.1) is 6.92 Å². The molecule has 3 aromatic rings. The lowest BCUT2D eigenvalue weighted by Crippen LogP contribution is -2.43. The van der Waals surface area contributed by atoms with Crippen LogP contribution in [-0.4, -0.2) is 19.1 Å². The quantitative estimate of drug-likeness (QED) is 0.737. The van der Waals surface area contributed by atoms with Crippen LogP contribution in [0.4, 0.5) is 0 Å². The van der Waals surface area contributed by atoms with Crippen LogP contribution in [0.2, 0.25) is 0 Å². The van der Waals surface area contributed by atoms with Crippen molar-refractivity contribution in [2.75, 3.05) is 13.2 Å². The molecule has 0 bridgehead atoms. The van der Waals surface area contributed by atoms with Gasteiger partial charge in [0.1, 0.15) is 13.2 Å². The van der Waals surface area contributed by atoms with Crippen LogP contribution >= 0.6 is 0 Å². The third-order valence-electron chi connectivity index (χ3n) is 5.35. The molecule has 0 saturated carbocycles. The summed E-state index contributed by atoms with van der Waals surface area (Å²) in [5, 5.41) is 3.09. The monoisotopic (exact) mass is 387 g/mol. The minimum atomic E-state index is -1.09. The summed E-state index contributed by atoms with van der Waals surface area (Å²) in [5.41, 5.74) is 3.22. The van der Waals surface area contributed by atoms with Gasteiger partial charge in [0.15, 0.2) is 17.2 Å². The molecule has 2 aliphatic heterocycles. The fourth-order valence-corrected chi connectivity index (χ4v) is 3.84. The van der Waals surface area contributed by atoms with Gasteiger partial charge in [-0.2, -0.15) is 0 Å². The number of hydrogen-bond acceptors (Lipinski definition) is 4. The van der Waals surface area contributed by atoms with Crippen LogP contribution in [0.3, 0.4) is 0 Å². The molecule has 2 heterocycles. The Morgan fingerprint density at radius 3 is 2.38 bits per heavy atom. The Balaban J connectivity index is 1.63. The molecule has 0 fully saturated rings. The Morgan fingerprint density at radius 1 is 0.966 bits per heavy atom. The minimum Gasteiger partial charge on any atom is -0.486 e. The zero-order valence-electron chi connectivity index (χ0n) is 16.1. The first kappa shape index (κ1) is 17.8. The van der Waals surface area contributed by atoms with E-state index in [0.717, 1.165) is 22.3 Å². The van der Waals surface area contributed by atoms with Crippen LogP contribution in [0.25, 0.3) is 0 Å². The lowest BCUT2D eigenvalue weighted by molar-refractivity contribution is -0.0438. The zero-order valence-corrected chi connectivity index (χ0v) is 16.1. The number of amides is 1. The summed E-state index contributed by atoms with van der Waals surface area (Å²) < 4.78 is 17.9. The fourth-order valence-electron chi connectivity index (χ4n) is 3.84. The van der Waals surface area contributed by atoms with E-state index in [-0.39, 0.29) is 5.91 Å². The smallest absolute Gasteiger partial charge is 0.254 e. The number of benzene rings is 3. The maximum absolute atomic E-state index is 12.9. The van der Waals surface area contributed by atoms with Crippen molar-refractivity contribution in [1.82, 2.24) is 5.32 Å². The molecule has 1 N–H and O–H groups in total. The molecule has 0 aromatic heterocycles. The van der Waals surface area contributed by atoms with Crippen molar-refractivity contribution in [3.63, 3.8) is 0 Å². The summed E-state index contributed by atoms with van der Waals surface area (Å²) in [5.74, 6) is 1.03. The van der Waals surface area contributed by atoms with Crippen LogP contribution in [0.1, 0.15) is 32.6 Å². The number of carbonyl (C=O) groups is 1. The molecule has 0 unspecified atom stereocenters. The number of ether oxygens (including phenoxy) is 3. The summed E-state index contributed by atoms with van der Waals surface area (Å²) >= 11 is 0. The van der Waals surface area contributed by atoms with Gasteiger partial charge in [-0.05, 0) is 24.6 Å². The van der Waals surface area contributed by atoms with Crippen molar-refractivity contribution in [2.24, 2.45) is 0 Å². The van der Waals surface area contributed by atoms with Crippen molar-refractivity contribution in [2.45, 2.75) is 19.3 Å². The Hall–Kier alpha value is -3.31. The first-order valence-corrected chi connectivity index (χ1v) is 9.67. The van der Waals surface area contributed by atoms with E-state index in [1.165, 1.54) is 0 Å². The van der Waals surface area contributed by atoms with E-state index in [2.05, 4.69) is 5.32 Å². The molecular formula is C24H21NO4. The Labute approximate surface area is 169 Å². The molecule has 0 radical (unpaired) electrons. The van der Waals surface area contributed by atoms with Gasteiger partial charge in [-0.15, -0.1) is 0 Å². The van der Waals surface area contributed by atoms with Gasteiger partial charge in [-0.3, -0.25) is 4.79 Å². The Bertz CT molecular complexity index is 1060. The van der Waals surface area contributed by atoms with Gasteiger partial charge in [0, 0.05) is 11.1 Å². The molecule has 5 nitrogen and oxygen atoms in total. The molecule has 146 valence electrons. The van der Waals surface area contributed by atoms with E-state index >= 15 is 0 Å². The zero-order chi connectivity index (χ0) is 19.8. The number of rotatable bonds is 4. The first-order valence-electron chi connectivity index (χ1n) is 9.67. The third-order valence-corrected chi connectivity index (χ3v) is 5.35. The lowest BCUT2D eigenvalue weighted by atomic mass is 9.93. The molecule has 1 atom stereocenters. The van der Waals surface area contributed by atoms with Gasteiger partial charge in [-0.25, -0.2) is 0 Å². The number of nitrogens with one attached hydrogen (secondary N) is 1.